The lowest BCUT2D eigenvalue weighted by Crippen LogP contribution is -2.51. The van der Waals surface area contributed by atoms with Gasteiger partial charge in [-0.05, 0) is 92.2 Å². The number of hydrogen-bond acceptors (Lipinski definition) is 3. The molecule has 1 saturated heterocycles. The van der Waals surface area contributed by atoms with Crippen molar-refractivity contribution >= 4 is 23.6 Å². The van der Waals surface area contributed by atoms with Gasteiger partial charge >= 0.3 is 6.09 Å². The van der Waals surface area contributed by atoms with Crippen molar-refractivity contribution < 1.29 is 14.7 Å². The molecule has 4 bridgehead atoms. The number of piperidine rings is 1. The molecule has 1 aliphatic heterocycles. The minimum atomic E-state index is -0.842. The number of nitrogens with zero attached hydrogens (tertiary/aromatic N) is 1. The molecule has 5 aliphatic rings. The summed E-state index contributed by atoms with van der Waals surface area (Å²) in [5, 5.41) is 16.3. The third-order valence-corrected chi connectivity index (χ3v) is 8.75. The van der Waals surface area contributed by atoms with Gasteiger partial charge in [-0.15, -0.1) is 0 Å². The predicted octanol–water partition coefficient (Wildman–Crippen LogP) is 4.52. The smallest absolute Gasteiger partial charge is 0.407 e. The monoisotopic (exact) mass is 459 g/mol. The van der Waals surface area contributed by atoms with Crippen LogP contribution in [-0.4, -0.2) is 47.7 Å². The minimum absolute atomic E-state index is 0.0673. The molecule has 6 rings (SSSR count). The molecule has 0 radical (unpaired) electrons. The molecule has 1 aromatic rings. The van der Waals surface area contributed by atoms with E-state index >= 15 is 0 Å². The number of carbonyl (C=O) groups excluding carboxylic acids is 1. The number of likely N-dealkylation sites (tertiary alicyclic amines) is 1. The Kier molecular flexibility index (Phi) is 6.10. The van der Waals surface area contributed by atoms with Gasteiger partial charge in [-0.3, -0.25) is 4.79 Å². The maximum atomic E-state index is 13.0. The molecular formula is C25H34ClN3O3. The third-order valence-electron chi connectivity index (χ3n) is 8.42. The van der Waals surface area contributed by atoms with Gasteiger partial charge in [0.1, 0.15) is 0 Å². The average Bonchev–Trinajstić information content (AvgIpc) is 2.76. The highest BCUT2D eigenvalue weighted by Crippen LogP contribution is 2.59. The van der Waals surface area contributed by atoms with Crippen LogP contribution in [0.1, 0.15) is 67.3 Å². The van der Waals surface area contributed by atoms with Crippen molar-refractivity contribution in [1.82, 2.24) is 15.5 Å². The topological polar surface area (TPSA) is 81.7 Å². The zero-order valence-corrected chi connectivity index (χ0v) is 19.4. The van der Waals surface area contributed by atoms with Crippen molar-refractivity contribution in [1.29, 1.82) is 0 Å². The quantitative estimate of drug-likeness (QED) is 0.584. The Hall–Kier alpha value is -1.79. The van der Waals surface area contributed by atoms with E-state index in [-0.39, 0.29) is 11.9 Å². The predicted molar refractivity (Wildman–Crippen MR) is 124 cm³/mol. The number of halogens is 1. The summed E-state index contributed by atoms with van der Waals surface area (Å²) in [7, 11) is 0. The number of benzene rings is 1. The first-order chi connectivity index (χ1) is 15.4. The maximum Gasteiger partial charge on any atom is 0.407 e. The van der Waals surface area contributed by atoms with Gasteiger partial charge in [-0.1, -0.05) is 17.7 Å². The standard InChI is InChI=1S/C25H34ClN3O3/c26-22-2-1-16(14-27-20-3-5-29(6-4-20)24(31)32)10-21(22)23(30)28-15-25-11-17-7-18(12-25)9-19(8-17)13-25/h1-2,10,17-20,27H,3-9,11-15H2,(H,28,30)(H,31,32). The Balaban J connectivity index is 1.16. The molecular weight excluding hydrogens is 426 g/mol. The van der Waals surface area contributed by atoms with Crippen molar-refractivity contribution in [3.05, 3.63) is 34.3 Å². The van der Waals surface area contributed by atoms with Crippen molar-refractivity contribution in [2.75, 3.05) is 19.6 Å². The van der Waals surface area contributed by atoms with Gasteiger partial charge in [0, 0.05) is 32.2 Å². The van der Waals surface area contributed by atoms with Crippen molar-refractivity contribution in [2.24, 2.45) is 23.2 Å². The van der Waals surface area contributed by atoms with Crippen LogP contribution in [0.25, 0.3) is 0 Å². The summed E-state index contributed by atoms with van der Waals surface area (Å²) >= 11 is 6.40. The number of hydrogen-bond donors (Lipinski definition) is 3. The van der Waals surface area contributed by atoms with E-state index in [0.29, 0.717) is 35.6 Å². The van der Waals surface area contributed by atoms with Crippen LogP contribution in [0, 0.1) is 23.2 Å². The van der Waals surface area contributed by atoms with Gasteiger partial charge in [0.25, 0.3) is 5.91 Å². The molecule has 2 amide bonds. The van der Waals surface area contributed by atoms with Crippen LogP contribution >= 0.6 is 11.6 Å². The molecule has 0 spiro atoms. The van der Waals surface area contributed by atoms with Crippen LogP contribution < -0.4 is 10.6 Å². The van der Waals surface area contributed by atoms with Gasteiger partial charge in [-0.25, -0.2) is 4.79 Å². The van der Waals surface area contributed by atoms with Crippen LogP contribution in [0.2, 0.25) is 5.02 Å². The minimum Gasteiger partial charge on any atom is -0.465 e. The normalized spacial score (nSPS) is 31.7. The second-order valence-corrected chi connectivity index (χ2v) is 11.2. The molecule has 32 heavy (non-hydrogen) atoms. The van der Waals surface area contributed by atoms with Crippen LogP contribution in [0.4, 0.5) is 4.79 Å². The van der Waals surface area contributed by atoms with E-state index in [9.17, 15) is 9.59 Å². The molecule has 7 heteroatoms. The fourth-order valence-electron chi connectivity index (χ4n) is 7.26. The van der Waals surface area contributed by atoms with Gasteiger partial charge in [0.2, 0.25) is 0 Å². The molecule has 3 N–H and O–H groups in total. The lowest BCUT2D eigenvalue weighted by molar-refractivity contribution is -0.0503. The van der Waals surface area contributed by atoms with Crippen molar-refractivity contribution in [2.45, 2.75) is 64.0 Å². The van der Waals surface area contributed by atoms with Gasteiger partial charge in [0.05, 0.1) is 10.6 Å². The number of rotatable bonds is 6. The first-order valence-electron chi connectivity index (χ1n) is 12.2. The van der Waals surface area contributed by atoms with Crippen molar-refractivity contribution in [3.8, 4) is 0 Å². The highest BCUT2D eigenvalue weighted by Gasteiger charge is 2.50. The van der Waals surface area contributed by atoms with E-state index in [4.69, 9.17) is 16.7 Å². The first kappa shape index (κ1) is 22.0. The number of carboxylic acid groups (broad SMARTS) is 1. The Morgan fingerprint density at radius 1 is 1.06 bits per heavy atom. The van der Waals surface area contributed by atoms with Gasteiger partial charge in [-0.2, -0.15) is 0 Å². The summed E-state index contributed by atoms with van der Waals surface area (Å²) in [6.45, 7) is 2.54. The van der Waals surface area contributed by atoms with Crippen molar-refractivity contribution in [3.63, 3.8) is 0 Å². The summed E-state index contributed by atoms with van der Waals surface area (Å²) in [6.07, 6.45) is 8.81. The molecule has 174 valence electrons. The van der Waals surface area contributed by atoms with Crippen LogP contribution in [0.3, 0.4) is 0 Å². The molecule has 0 unspecified atom stereocenters. The fourth-order valence-corrected chi connectivity index (χ4v) is 7.47. The van der Waals surface area contributed by atoms with E-state index in [2.05, 4.69) is 10.6 Å². The summed E-state index contributed by atoms with van der Waals surface area (Å²) in [5.41, 5.74) is 1.88. The lowest BCUT2D eigenvalue weighted by Gasteiger charge is -2.56. The van der Waals surface area contributed by atoms with Crippen LogP contribution in [0.15, 0.2) is 18.2 Å². The highest BCUT2D eigenvalue weighted by atomic mass is 35.5. The third kappa shape index (κ3) is 4.62. The molecule has 4 saturated carbocycles. The Labute approximate surface area is 195 Å². The summed E-state index contributed by atoms with van der Waals surface area (Å²) in [5.74, 6) is 2.55. The molecule has 0 atom stereocenters. The summed E-state index contributed by atoms with van der Waals surface area (Å²) in [6, 6.07) is 5.95. The van der Waals surface area contributed by atoms with Gasteiger partial charge in [0.15, 0.2) is 0 Å². The second kappa shape index (κ2) is 8.86. The fraction of sp³-hybridized carbons (Fsp3) is 0.680. The van der Waals surface area contributed by atoms with E-state index in [1.165, 1.54) is 43.4 Å². The van der Waals surface area contributed by atoms with E-state index < -0.39 is 6.09 Å². The van der Waals surface area contributed by atoms with Crippen LogP contribution in [0.5, 0.6) is 0 Å². The van der Waals surface area contributed by atoms with Gasteiger partial charge < -0.3 is 20.6 Å². The number of amides is 2. The zero-order chi connectivity index (χ0) is 22.3. The molecule has 1 heterocycles. The lowest BCUT2D eigenvalue weighted by atomic mass is 9.49. The van der Waals surface area contributed by atoms with Crippen LogP contribution in [-0.2, 0) is 6.54 Å². The number of nitrogens with one attached hydrogen (secondary N) is 2. The zero-order valence-electron chi connectivity index (χ0n) is 18.6. The molecule has 6 nitrogen and oxygen atoms in total. The molecule has 4 aliphatic carbocycles. The Bertz CT molecular complexity index is 846. The molecule has 1 aromatic carbocycles. The summed E-state index contributed by atoms with van der Waals surface area (Å²) in [4.78, 5) is 25.6. The SMILES string of the molecule is O=C(NCC12CC3CC(CC(C3)C1)C2)c1cc(CNC2CCN(C(=O)O)CC2)ccc1Cl. The second-order valence-electron chi connectivity index (χ2n) is 10.8. The molecule has 0 aromatic heterocycles. The van der Waals surface area contributed by atoms with E-state index in [1.54, 1.807) is 0 Å². The summed E-state index contributed by atoms with van der Waals surface area (Å²) < 4.78 is 0. The maximum absolute atomic E-state index is 13.0. The first-order valence-corrected chi connectivity index (χ1v) is 12.5. The highest BCUT2D eigenvalue weighted by molar-refractivity contribution is 6.33. The average molecular weight is 460 g/mol. The largest absolute Gasteiger partial charge is 0.465 e. The molecule has 5 fully saturated rings. The van der Waals surface area contributed by atoms with E-state index in [1.807, 2.05) is 18.2 Å². The Morgan fingerprint density at radius 3 is 2.28 bits per heavy atom. The number of carbonyl (C=O) groups is 2. The Morgan fingerprint density at radius 2 is 1.69 bits per heavy atom. The van der Waals surface area contributed by atoms with E-state index in [0.717, 1.165) is 42.7 Å².